The smallest absolute Gasteiger partial charge is 0.303 e. The molecule has 0 aromatic heterocycles. The highest BCUT2D eigenvalue weighted by Crippen LogP contribution is 2.24. The number of hydrogen-bond donors (Lipinski definition) is 2. The Morgan fingerprint density at radius 3 is 2.56 bits per heavy atom. The SMILES string of the molecule is CC(CO)C1CCN(CCCC(=O)O)CC1. The summed E-state index contributed by atoms with van der Waals surface area (Å²) in [5.74, 6) is 0.339. The number of carboxylic acid groups (broad SMARTS) is 1. The molecule has 94 valence electrons. The van der Waals surface area contributed by atoms with Crippen molar-refractivity contribution in [3.63, 3.8) is 0 Å². The number of hydrogen-bond acceptors (Lipinski definition) is 3. The average Bonchev–Trinajstić information content (AvgIpc) is 2.28. The minimum Gasteiger partial charge on any atom is -0.481 e. The summed E-state index contributed by atoms with van der Waals surface area (Å²) in [6.45, 7) is 5.38. The first-order chi connectivity index (χ1) is 7.63. The number of nitrogens with zero attached hydrogens (tertiary/aromatic N) is 1. The molecule has 4 nitrogen and oxygen atoms in total. The van der Waals surface area contributed by atoms with Crippen molar-refractivity contribution in [2.75, 3.05) is 26.2 Å². The molecule has 0 aliphatic carbocycles. The van der Waals surface area contributed by atoms with E-state index in [2.05, 4.69) is 11.8 Å². The van der Waals surface area contributed by atoms with Crippen LogP contribution in [0.3, 0.4) is 0 Å². The van der Waals surface area contributed by atoms with Crippen molar-refractivity contribution in [2.45, 2.75) is 32.6 Å². The lowest BCUT2D eigenvalue weighted by atomic mass is 9.86. The van der Waals surface area contributed by atoms with Gasteiger partial charge in [0.1, 0.15) is 0 Å². The highest BCUT2D eigenvalue weighted by atomic mass is 16.4. The molecule has 1 fully saturated rings. The molecular weight excluding hydrogens is 206 g/mol. The lowest BCUT2D eigenvalue weighted by Gasteiger charge is -2.34. The van der Waals surface area contributed by atoms with E-state index in [0.29, 0.717) is 11.8 Å². The van der Waals surface area contributed by atoms with Gasteiger partial charge in [-0.2, -0.15) is 0 Å². The summed E-state index contributed by atoms with van der Waals surface area (Å²) in [7, 11) is 0. The van der Waals surface area contributed by atoms with E-state index in [1.807, 2.05) is 0 Å². The first kappa shape index (κ1) is 13.5. The van der Waals surface area contributed by atoms with Crippen molar-refractivity contribution in [3.05, 3.63) is 0 Å². The Balaban J connectivity index is 2.14. The normalized spacial score (nSPS) is 20.9. The second-order valence-corrected chi connectivity index (χ2v) is 4.84. The summed E-state index contributed by atoms with van der Waals surface area (Å²) in [5, 5.41) is 17.6. The quantitative estimate of drug-likeness (QED) is 0.718. The third kappa shape index (κ3) is 4.49. The van der Waals surface area contributed by atoms with Gasteiger partial charge in [0.2, 0.25) is 0 Å². The lowest BCUT2D eigenvalue weighted by Crippen LogP contribution is -2.37. The molecule has 1 rings (SSSR count). The van der Waals surface area contributed by atoms with E-state index in [0.717, 1.165) is 38.9 Å². The van der Waals surface area contributed by atoms with Gasteiger partial charge in [-0.3, -0.25) is 4.79 Å². The second kappa shape index (κ2) is 6.86. The third-order valence-electron chi connectivity index (χ3n) is 3.59. The molecule has 1 aliphatic rings. The molecule has 0 spiro atoms. The fourth-order valence-corrected chi connectivity index (χ4v) is 2.35. The number of aliphatic carboxylic acids is 1. The van der Waals surface area contributed by atoms with Crippen molar-refractivity contribution >= 4 is 5.97 Å². The van der Waals surface area contributed by atoms with Crippen molar-refractivity contribution in [3.8, 4) is 0 Å². The van der Waals surface area contributed by atoms with Crippen molar-refractivity contribution in [2.24, 2.45) is 11.8 Å². The van der Waals surface area contributed by atoms with E-state index >= 15 is 0 Å². The van der Waals surface area contributed by atoms with Gasteiger partial charge in [-0.05, 0) is 50.7 Å². The Hall–Kier alpha value is -0.610. The van der Waals surface area contributed by atoms with E-state index in [1.165, 1.54) is 0 Å². The zero-order valence-corrected chi connectivity index (χ0v) is 10.1. The first-order valence-electron chi connectivity index (χ1n) is 6.18. The first-order valence-corrected chi connectivity index (χ1v) is 6.18. The average molecular weight is 229 g/mol. The maximum absolute atomic E-state index is 10.4. The topological polar surface area (TPSA) is 60.8 Å². The highest BCUT2D eigenvalue weighted by Gasteiger charge is 2.22. The van der Waals surface area contributed by atoms with Gasteiger partial charge >= 0.3 is 5.97 Å². The van der Waals surface area contributed by atoms with E-state index in [9.17, 15) is 4.79 Å². The molecule has 1 aliphatic heterocycles. The Kier molecular flexibility index (Phi) is 5.77. The van der Waals surface area contributed by atoms with Crippen molar-refractivity contribution in [1.29, 1.82) is 0 Å². The zero-order chi connectivity index (χ0) is 12.0. The number of aliphatic hydroxyl groups excluding tert-OH is 1. The minimum absolute atomic E-state index is 0.271. The molecule has 0 aromatic carbocycles. The predicted octanol–water partition coefficient (Wildman–Crippen LogP) is 1.19. The Morgan fingerprint density at radius 2 is 2.06 bits per heavy atom. The maximum atomic E-state index is 10.4. The van der Waals surface area contributed by atoms with Crippen LogP contribution in [0.4, 0.5) is 0 Å². The molecule has 4 heteroatoms. The molecule has 0 aromatic rings. The number of carboxylic acids is 1. The van der Waals surface area contributed by atoms with Crippen LogP contribution < -0.4 is 0 Å². The van der Waals surface area contributed by atoms with Gasteiger partial charge in [0.05, 0.1) is 0 Å². The summed E-state index contributed by atoms with van der Waals surface area (Å²) in [4.78, 5) is 12.7. The fraction of sp³-hybridized carbons (Fsp3) is 0.917. The summed E-state index contributed by atoms with van der Waals surface area (Å²) >= 11 is 0. The van der Waals surface area contributed by atoms with Gasteiger partial charge in [-0.1, -0.05) is 6.92 Å². The van der Waals surface area contributed by atoms with Crippen LogP contribution in [0.15, 0.2) is 0 Å². The number of rotatable bonds is 6. The molecule has 1 saturated heterocycles. The lowest BCUT2D eigenvalue weighted by molar-refractivity contribution is -0.137. The summed E-state index contributed by atoms with van der Waals surface area (Å²) < 4.78 is 0. The second-order valence-electron chi connectivity index (χ2n) is 4.84. The van der Waals surface area contributed by atoms with Crippen LogP contribution in [-0.2, 0) is 4.79 Å². The van der Waals surface area contributed by atoms with Crippen LogP contribution in [0.2, 0.25) is 0 Å². The van der Waals surface area contributed by atoms with Crippen LogP contribution in [0, 0.1) is 11.8 Å². The van der Waals surface area contributed by atoms with Gasteiger partial charge in [0.25, 0.3) is 0 Å². The zero-order valence-electron chi connectivity index (χ0n) is 10.1. The third-order valence-corrected chi connectivity index (χ3v) is 3.59. The summed E-state index contributed by atoms with van der Waals surface area (Å²) in [5.41, 5.74) is 0. The molecule has 0 amide bonds. The molecule has 0 bridgehead atoms. The van der Waals surface area contributed by atoms with E-state index in [-0.39, 0.29) is 13.0 Å². The van der Waals surface area contributed by atoms with E-state index < -0.39 is 5.97 Å². The van der Waals surface area contributed by atoms with Crippen LogP contribution in [0.1, 0.15) is 32.6 Å². The van der Waals surface area contributed by atoms with Crippen LogP contribution in [-0.4, -0.2) is 47.3 Å². The molecule has 1 heterocycles. The van der Waals surface area contributed by atoms with Crippen molar-refractivity contribution < 1.29 is 15.0 Å². The molecule has 16 heavy (non-hydrogen) atoms. The number of aliphatic hydroxyl groups is 1. The maximum Gasteiger partial charge on any atom is 0.303 e. The van der Waals surface area contributed by atoms with Gasteiger partial charge in [-0.25, -0.2) is 0 Å². The minimum atomic E-state index is -0.705. The van der Waals surface area contributed by atoms with E-state index in [4.69, 9.17) is 10.2 Å². The summed E-state index contributed by atoms with van der Waals surface area (Å²) in [6.07, 6.45) is 3.28. The van der Waals surface area contributed by atoms with Gasteiger partial charge in [0.15, 0.2) is 0 Å². The number of likely N-dealkylation sites (tertiary alicyclic amines) is 1. The Bertz CT molecular complexity index is 212. The van der Waals surface area contributed by atoms with Crippen LogP contribution in [0.5, 0.6) is 0 Å². The van der Waals surface area contributed by atoms with Gasteiger partial charge in [-0.15, -0.1) is 0 Å². The molecule has 1 unspecified atom stereocenters. The fourth-order valence-electron chi connectivity index (χ4n) is 2.35. The molecule has 0 radical (unpaired) electrons. The monoisotopic (exact) mass is 229 g/mol. The predicted molar refractivity (Wildman–Crippen MR) is 62.3 cm³/mol. The molecule has 1 atom stereocenters. The Labute approximate surface area is 97.3 Å². The standard InChI is InChI=1S/C12H23NO3/c1-10(9-14)11-4-7-13(8-5-11)6-2-3-12(15)16/h10-11,14H,2-9H2,1H3,(H,15,16). The van der Waals surface area contributed by atoms with Gasteiger partial charge in [0, 0.05) is 13.0 Å². The largest absolute Gasteiger partial charge is 0.481 e. The highest BCUT2D eigenvalue weighted by molar-refractivity contribution is 5.66. The molecular formula is C12H23NO3. The van der Waals surface area contributed by atoms with Crippen LogP contribution in [0.25, 0.3) is 0 Å². The molecule has 2 N–H and O–H groups in total. The summed E-state index contributed by atoms with van der Waals surface area (Å²) in [6, 6.07) is 0. The van der Waals surface area contributed by atoms with Crippen molar-refractivity contribution in [1.82, 2.24) is 4.90 Å². The number of carbonyl (C=O) groups is 1. The van der Waals surface area contributed by atoms with Gasteiger partial charge < -0.3 is 15.1 Å². The van der Waals surface area contributed by atoms with E-state index in [1.54, 1.807) is 0 Å². The van der Waals surface area contributed by atoms with Crippen LogP contribution >= 0.6 is 0 Å². The Morgan fingerprint density at radius 1 is 1.44 bits per heavy atom. The molecule has 0 saturated carbocycles. The number of piperidine rings is 1.